The topological polar surface area (TPSA) is 60.9 Å². The van der Waals surface area contributed by atoms with E-state index < -0.39 is 0 Å². The molecule has 2 aromatic heterocycles. The number of thiophene rings is 1. The average Bonchev–Trinajstić information content (AvgIpc) is 2.98. The Morgan fingerprint density at radius 2 is 2.32 bits per heavy atom. The smallest absolute Gasteiger partial charge is 0.0795 e. The van der Waals surface area contributed by atoms with Gasteiger partial charge < -0.3 is 10.4 Å². The zero-order valence-electron chi connectivity index (χ0n) is 11.0. The number of hydrogen-bond acceptors (Lipinski definition) is 4. The zero-order valence-corrected chi connectivity index (χ0v) is 13.4. The van der Waals surface area contributed by atoms with E-state index in [1.165, 1.54) is 0 Å². The van der Waals surface area contributed by atoms with Crippen LogP contribution in [0.5, 0.6) is 0 Å². The van der Waals surface area contributed by atoms with Crippen molar-refractivity contribution in [1.29, 1.82) is 0 Å². The van der Waals surface area contributed by atoms with Crippen LogP contribution in [0.25, 0.3) is 10.6 Å². The maximum Gasteiger partial charge on any atom is 0.0795 e. The minimum atomic E-state index is -0.351. The lowest BCUT2D eigenvalue weighted by molar-refractivity contribution is 0.142. The van der Waals surface area contributed by atoms with Crippen molar-refractivity contribution in [3.63, 3.8) is 0 Å². The van der Waals surface area contributed by atoms with Gasteiger partial charge in [-0.15, -0.1) is 11.3 Å². The van der Waals surface area contributed by atoms with E-state index in [4.69, 9.17) is 0 Å². The molecule has 3 N–H and O–H groups in total. The monoisotopic (exact) mass is 343 g/mol. The first-order valence-corrected chi connectivity index (χ1v) is 7.92. The number of hydrogen-bond donors (Lipinski definition) is 3. The number of nitrogens with one attached hydrogen (secondary N) is 2. The third-order valence-electron chi connectivity index (χ3n) is 3.11. The summed E-state index contributed by atoms with van der Waals surface area (Å²) in [5.74, 6) is 0. The van der Waals surface area contributed by atoms with Gasteiger partial charge in [-0.3, -0.25) is 5.10 Å². The van der Waals surface area contributed by atoms with Gasteiger partial charge in [-0.1, -0.05) is 6.92 Å². The maximum absolute atomic E-state index is 9.64. The predicted octanol–water partition coefficient (Wildman–Crippen LogP) is 3.15. The molecule has 2 heterocycles. The quantitative estimate of drug-likeness (QED) is 0.754. The lowest BCUT2D eigenvalue weighted by Gasteiger charge is -2.19. The van der Waals surface area contributed by atoms with Gasteiger partial charge in [-0.25, -0.2) is 0 Å². The molecule has 6 heteroatoms. The standard InChI is InChI=1S/C13H18BrN3OS/c1-3-10(8(2)18)15-6-9-7-16-17-13(9)11-4-5-12(14)19-11/h4-5,7-8,10,15,18H,3,6H2,1-2H3,(H,16,17). The zero-order chi connectivity index (χ0) is 13.8. The molecule has 0 aromatic carbocycles. The summed E-state index contributed by atoms with van der Waals surface area (Å²) < 4.78 is 1.10. The molecule has 0 saturated carbocycles. The van der Waals surface area contributed by atoms with Crippen molar-refractivity contribution in [2.75, 3.05) is 0 Å². The molecule has 0 aliphatic heterocycles. The van der Waals surface area contributed by atoms with E-state index in [-0.39, 0.29) is 12.1 Å². The largest absolute Gasteiger partial charge is 0.392 e. The minimum absolute atomic E-state index is 0.109. The molecule has 2 rings (SSSR count). The molecule has 2 unspecified atom stereocenters. The van der Waals surface area contributed by atoms with Crippen LogP contribution in [0.4, 0.5) is 0 Å². The van der Waals surface area contributed by atoms with Crippen molar-refractivity contribution in [1.82, 2.24) is 15.5 Å². The summed E-state index contributed by atoms with van der Waals surface area (Å²) in [6, 6.07) is 4.21. The highest BCUT2D eigenvalue weighted by atomic mass is 79.9. The Balaban J connectivity index is 2.08. The second-order valence-corrected chi connectivity index (χ2v) is 6.97. The van der Waals surface area contributed by atoms with Crippen LogP contribution >= 0.6 is 27.3 Å². The van der Waals surface area contributed by atoms with Crippen LogP contribution in [-0.2, 0) is 6.54 Å². The fourth-order valence-corrected chi connectivity index (χ4v) is 3.42. The molecule has 0 saturated heterocycles. The number of aliphatic hydroxyl groups is 1. The lowest BCUT2D eigenvalue weighted by Crippen LogP contribution is -2.37. The summed E-state index contributed by atoms with van der Waals surface area (Å²) in [5.41, 5.74) is 2.16. The van der Waals surface area contributed by atoms with Gasteiger partial charge in [-0.05, 0) is 41.4 Å². The van der Waals surface area contributed by atoms with Crippen molar-refractivity contribution >= 4 is 27.3 Å². The molecule has 0 bridgehead atoms. The number of nitrogens with zero attached hydrogens (tertiary/aromatic N) is 1. The van der Waals surface area contributed by atoms with Crippen molar-refractivity contribution in [2.24, 2.45) is 0 Å². The average molecular weight is 344 g/mol. The van der Waals surface area contributed by atoms with Crippen LogP contribution in [-0.4, -0.2) is 27.4 Å². The fourth-order valence-electron chi connectivity index (χ4n) is 2.00. The van der Waals surface area contributed by atoms with Crippen molar-refractivity contribution in [2.45, 2.75) is 39.0 Å². The Hall–Kier alpha value is -0.690. The molecule has 0 radical (unpaired) electrons. The van der Waals surface area contributed by atoms with Crippen LogP contribution < -0.4 is 5.32 Å². The van der Waals surface area contributed by atoms with Gasteiger partial charge >= 0.3 is 0 Å². The van der Waals surface area contributed by atoms with Crippen LogP contribution in [0.1, 0.15) is 25.8 Å². The second-order valence-electron chi connectivity index (χ2n) is 4.51. The number of aliphatic hydroxyl groups excluding tert-OH is 1. The Morgan fingerprint density at radius 3 is 2.89 bits per heavy atom. The van der Waals surface area contributed by atoms with Crippen LogP contribution in [0, 0.1) is 0 Å². The number of rotatable bonds is 6. The van der Waals surface area contributed by atoms with Gasteiger partial charge in [0.05, 0.1) is 26.7 Å². The third kappa shape index (κ3) is 3.66. The summed E-state index contributed by atoms with van der Waals surface area (Å²) in [6.07, 6.45) is 2.39. The van der Waals surface area contributed by atoms with E-state index in [0.717, 1.165) is 26.3 Å². The maximum atomic E-state index is 9.64. The molecule has 2 atom stereocenters. The van der Waals surface area contributed by atoms with Crippen LogP contribution in [0.2, 0.25) is 0 Å². The lowest BCUT2D eigenvalue weighted by atomic mass is 10.1. The van der Waals surface area contributed by atoms with Gasteiger partial charge in [-0.2, -0.15) is 5.10 Å². The molecule has 0 aliphatic carbocycles. The molecule has 19 heavy (non-hydrogen) atoms. The summed E-state index contributed by atoms with van der Waals surface area (Å²) >= 11 is 5.14. The van der Waals surface area contributed by atoms with E-state index in [9.17, 15) is 5.11 Å². The van der Waals surface area contributed by atoms with Crippen LogP contribution in [0.3, 0.4) is 0 Å². The Morgan fingerprint density at radius 1 is 1.53 bits per heavy atom. The minimum Gasteiger partial charge on any atom is -0.392 e. The highest BCUT2D eigenvalue weighted by Crippen LogP contribution is 2.31. The van der Waals surface area contributed by atoms with Crippen molar-refractivity contribution in [3.8, 4) is 10.6 Å². The van der Waals surface area contributed by atoms with E-state index in [0.29, 0.717) is 6.54 Å². The molecule has 104 valence electrons. The normalized spacial score (nSPS) is 14.5. The van der Waals surface area contributed by atoms with Crippen molar-refractivity contribution in [3.05, 3.63) is 27.7 Å². The first-order valence-electron chi connectivity index (χ1n) is 6.31. The molecule has 0 spiro atoms. The van der Waals surface area contributed by atoms with E-state index in [2.05, 4.69) is 44.4 Å². The second kappa shape index (κ2) is 6.65. The summed E-state index contributed by atoms with van der Waals surface area (Å²) in [6.45, 7) is 4.58. The SMILES string of the molecule is CCC(NCc1cn[nH]c1-c1ccc(Br)s1)C(C)O. The Labute approximate surface area is 125 Å². The van der Waals surface area contributed by atoms with Gasteiger partial charge in [0.2, 0.25) is 0 Å². The van der Waals surface area contributed by atoms with Gasteiger partial charge in [0.1, 0.15) is 0 Å². The Kier molecular flexibility index (Phi) is 5.15. The van der Waals surface area contributed by atoms with E-state index in [1.54, 1.807) is 11.3 Å². The first kappa shape index (κ1) is 14.7. The summed E-state index contributed by atoms with van der Waals surface area (Å²) in [7, 11) is 0. The van der Waals surface area contributed by atoms with Gasteiger partial charge in [0.15, 0.2) is 0 Å². The van der Waals surface area contributed by atoms with E-state index in [1.807, 2.05) is 19.2 Å². The molecule has 0 fully saturated rings. The number of halogens is 1. The summed E-state index contributed by atoms with van der Waals surface area (Å²) in [5, 5.41) is 20.2. The molecule has 0 aliphatic rings. The highest BCUT2D eigenvalue weighted by molar-refractivity contribution is 9.11. The Bertz CT molecular complexity index is 523. The van der Waals surface area contributed by atoms with Crippen molar-refractivity contribution < 1.29 is 5.11 Å². The first-order chi connectivity index (χ1) is 9.11. The molecule has 2 aromatic rings. The number of H-pyrrole nitrogens is 1. The molecular formula is C13H18BrN3OS. The molecule has 0 amide bonds. The number of aromatic amines is 1. The van der Waals surface area contributed by atoms with Gasteiger partial charge in [0.25, 0.3) is 0 Å². The molecule has 4 nitrogen and oxygen atoms in total. The highest BCUT2D eigenvalue weighted by Gasteiger charge is 2.14. The third-order valence-corrected chi connectivity index (χ3v) is 4.76. The summed E-state index contributed by atoms with van der Waals surface area (Å²) in [4.78, 5) is 1.16. The van der Waals surface area contributed by atoms with Crippen LogP contribution in [0.15, 0.2) is 22.1 Å². The van der Waals surface area contributed by atoms with E-state index >= 15 is 0 Å². The molecular weight excluding hydrogens is 326 g/mol. The predicted molar refractivity (Wildman–Crippen MR) is 82.2 cm³/mol. The van der Waals surface area contributed by atoms with Gasteiger partial charge in [0, 0.05) is 18.2 Å². The fraction of sp³-hybridized carbons (Fsp3) is 0.462. The number of aromatic nitrogens is 2.